The summed E-state index contributed by atoms with van der Waals surface area (Å²) in [6.07, 6.45) is 5.18. The molecule has 4 aromatic heterocycles. The van der Waals surface area contributed by atoms with Crippen LogP contribution >= 0.6 is 46.4 Å². The molecule has 0 spiro atoms. The molecule has 8 heterocycles. The molecule has 19 rings (SSSR count). The van der Waals surface area contributed by atoms with Crippen LogP contribution in [0.15, 0.2) is 202 Å². The van der Waals surface area contributed by atoms with Gasteiger partial charge in [0.1, 0.15) is 74.2 Å². The summed E-state index contributed by atoms with van der Waals surface area (Å²) in [5.41, 5.74) is 1.16. The Morgan fingerprint density at radius 1 is 0.338 bits per heavy atom. The molecule has 0 bridgehead atoms. The van der Waals surface area contributed by atoms with Crippen LogP contribution < -0.4 is 38.5 Å². The number of hydrogen-bond donors (Lipinski definition) is 4. The summed E-state index contributed by atoms with van der Waals surface area (Å²) >= 11 is 26.5. The fourth-order valence-electron chi connectivity index (χ4n) is 18.8. The Kier molecular flexibility index (Phi) is 29.3. The molecule has 15 aromatic rings. The highest BCUT2D eigenvalue weighted by molar-refractivity contribution is 6.37. The molecule has 4 aliphatic rings. The van der Waals surface area contributed by atoms with Crippen molar-refractivity contribution in [2.45, 2.75) is 64.8 Å². The first-order valence-corrected chi connectivity index (χ1v) is 46.5. The second-order valence-electron chi connectivity index (χ2n) is 34.3. The number of methoxy groups -OCH3 is 4. The second-order valence-corrected chi connectivity index (χ2v) is 36.0. The molecule has 4 N–H and O–H groups in total. The van der Waals surface area contributed by atoms with Crippen molar-refractivity contribution >= 4 is 169 Å². The van der Waals surface area contributed by atoms with Crippen LogP contribution in [0.5, 0.6) is 47.0 Å². The van der Waals surface area contributed by atoms with Crippen LogP contribution in [0, 0.1) is 29.1 Å². The van der Waals surface area contributed by atoms with Crippen molar-refractivity contribution in [1.82, 2.24) is 59.5 Å². The van der Waals surface area contributed by atoms with Gasteiger partial charge in [0.15, 0.2) is 23.3 Å². The highest BCUT2D eigenvalue weighted by atomic mass is 35.5. The summed E-state index contributed by atoms with van der Waals surface area (Å²) in [4.78, 5) is 98.6. The van der Waals surface area contributed by atoms with Crippen LogP contribution in [0.1, 0.15) is 34.6 Å². The minimum Gasteiger partial charge on any atom is -0.508 e. The molecule has 142 heavy (non-hydrogen) atoms. The third kappa shape index (κ3) is 19.3. The molecule has 37 heteroatoms. The number of carbonyl (C=O) groups excluding carboxylic acids is 4. The van der Waals surface area contributed by atoms with E-state index in [1.165, 1.54) is 89.1 Å². The summed E-state index contributed by atoms with van der Waals surface area (Å²) in [5.74, 6) is -2.87. The van der Waals surface area contributed by atoms with Gasteiger partial charge in [-0.2, -0.15) is 39.9 Å². The highest BCUT2D eigenvalue weighted by Crippen LogP contribution is 2.50. The number of ether oxygens (including phenoxy) is 4. The number of phenolic OH excluding ortho intramolecular Hbond substituents is 4. The summed E-state index contributed by atoms with van der Waals surface area (Å²) in [6, 6.07) is 40.9. The van der Waals surface area contributed by atoms with Gasteiger partial charge in [-0.1, -0.05) is 152 Å². The zero-order valence-corrected chi connectivity index (χ0v) is 81.4. The number of phenols is 4. The lowest BCUT2D eigenvalue weighted by molar-refractivity contribution is -0.129. The molecule has 4 amide bonds. The molecular formula is C105H95Cl4F5N16O12. The molecule has 28 nitrogen and oxygen atoms in total. The van der Waals surface area contributed by atoms with Gasteiger partial charge in [0.2, 0.25) is 23.6 Å². The smallest absolute Gasteiger partial charge is 0.318 e. The van der Waals surface area contributed by atoms with E-state index < -0.39 is 34.8 Å². The average Bonchev–Trinajstić information content (AvgIpc) is 0.758. The number of nitrogens with zero attached hydrogens (tertiary/aromatic N) is 16. The fraction of sp³-hybridized carbons (Fsp3) is 0.238. The molecule has 0 radical (unpaired) electrons. The van der Waals surface area contributed by atoms with Crippen LogP contribution in [0.4, 0.5) is 45.2 Å². The van der Waals surface area contributed by atoms with E-state index in [1.807, 2.05) is 127 Å². The van der Waals surface area contributed by atoms with E-state index >= 15 is 17.6 Å². The Hall–Kier alpha value is -15.2. The number of amides is 4. The van der Waals surface area contributed by atoms with Crippen LogP contribution in [-0.4, -0.2) is 234 Å². The Labute approximate surface area is 831 Å². The minimum atomic E-state index is -0.909. The van der Waals surface area contributed by atoms with Gasteiger partial charge in [-0.25, -0.2) is 22.0 Å². The van der Waals surface area contributed by atoms with Crippen molar-refractivity contribution in [1.29, 1.82) is 0 Å². The Balaban J connectivity index is 0.000000136. The van der Waals surface area contributed by atoms with Crippen LogP contribution in [0.25, 0.3) is 120 Å². The SMILES string of the molecule is C=CC(=O)N1CCN(c2nc(OC)nc3c(F)c(-c4c(O)cccc4F)c(Cl)cc23)C[C@H]1C.C=CC(=O)N1CCN(c2nc(OC)nc3c(F)c(-c4cc(O)cc5ccccc45)c(Cl)cc23)C[C@H]1C.C=CC(=O)N1CCN(c2nc(OC)nc3c(F)c(-c4cc(O)cc5ccccc45)c(Cl)cc23)[C@@H](C)C1.C=CC(=O)N1C[C@H](C)N(c2nc(OC)nc3c(F)c(-c4cc(O)cc5ccccc45)c(Cl)cc23)C[C@H]1C. The van der Waals surface area contributed by atoms with Gasteiger partial charge < -0.3 is 78.6 Å². The van der Waals surface area contributed by atoms with Gasteiger partial charge in [-0.3, -0.25) is 19.2 Å². The second kappa shape index (κ2) is 41.7. The Morgan fingerprint density at radius 2 is 0.669 bits per heavy atom. The maximum atomic E-state index is 16.3. The largest absolute Gasteiger partial charge is 0.508 e. The quantitative estimate of drug-likeness (QED) is 0.0516. The summed E-state index contributed by atoms with van der Waals surface area (Å²) in [6.45, 7) is 29.0. The molecule has 4 fully saturated rings. The highest BCUT2D eigenvalue weighted by Gasteiger charge is 2.39. The number of anilines is 4. The molecule has 11 aromatic carbocycles. The fourth-order valence-corrected chi connectivity index (χ4v) is 20.0. The molecule has 0 saturated carbocycles. The summed E-state index contributed by atoms with van der Waals surface area (Å²) < 4.78 is 100. The molecular weight excluding hydrogens is 1910 g/mol. The van der Waals surface area contributed by atoms with Crippen molar-refractivity contribution in [3.05, 3.63) is 251 Å². The molecule has 0 aliphatic carbocycles. The topological polar surface area (TPSA) is 315 Å². The predicted molar refractivity (Wildman–Crippen MR) is 544 cm³/mol. The molecule has 730 valence electrons. The normalized spacial score (nSPS) is 16.5. The minimum absolute atomic E-state index is 0.0000228. The maximum absolute atomic E-state index is 16.3. The number of aromatic nitrogens is 8. The summed E-state index contributed by atoms with van der Waals surface area (Å²) in [7, 11) is 5.62. The van der Waals surface area contributed by atoms with Gasteiger partial charge in [0, 0.05) is 146 Å². The Morgan fingerprint density at radius 3 is 1.03 bits per heavy atom. The van der Waals surface area contributed by atoms with E-state index in [1.54, 1.807) is 56.0 Å². The van der Waals surface area contributed by atoms with Gasteiger partial charge in [-0.15, -0.1) is 0 Å². The third-order valence-corrected chi connectivity index (χ3v) is 26.8. The molecule has 0 unspecified atom stereocenters. The van der Waals surface area contributed by atoms with Crippen molar-refractivity contribution in [3.63, 3.8) is 0 Å². The van der Waals surface area contributed by atoms with Crippen LogP contribution in [0.2, 0.25) is 20.1 Å². The number of fused-ring (bicyclic) bond motifs is 7. The predicted octanol–water partition coefficient (Wildman–Crippen LogP) is 20.1. The number of carbonyl (C=O) groups is 4. The number of benzene rings is 11. The summed E-state index contributed by atoms with van der Waals surface area (Å²) in [5, 5.41) is 47.6. The van der Waals surface area contributed by atoms with Crippen molar-refractivity contribution in [2.75, 3.05) is 120 Å². The lowest BCUT2D eigenvalue weighted by atomic mass is 9.96. The molecule has 4 saturated heterocycles. The molecule has 5 atom stereocenters. The Bertz CT molecular complexity index is 7630. The van der Waals surface area contributed by atoms with E-state index in [0.29, 0.717) is 133 Å². The zero-order valence-electron chi connectivity index (χ0n) is 78.3. The lowest BCUT2D eigenvalue weighted by Crippen LogP contribution is -2.58. The number of rotatable bonds is 16. The van der Waals surface area contributed by atoms with Gasteiger partial charge in [0.05, 0.1) is 54.1 Å². The first-order chi connectivity index (χ1) is 68.1. The van der Waals surface area contributed by atoms with Crippen LogP contribution in [0.3, 0.4) is 0 Å². The average molecular weight is 2010 g/mol. The number of halogens is 9. The van der Waals surface area contributed by atoms with Gasteiger partial charge in [0.25, 0.3) is 0 Å². The standard InChI is InChI=1S/C28H26ClFN4O3.2C27H24ClFN4O3.C23H21ClF2N4O3/c1-5-23(36)33-13-16(3)34(14-15(33)2)27-21-12-22(29)24(25(30)26(21)31-28(32-27)37-4)20-11-18(35)10-17-8-6-7-9-19(17)20;1-4-22(35)33-10-9-32(14-15(33)2)26-20-13-21(28)23(24(29)25(20)30-27(31-26)36-3)19-12-17(34)11-16-7-5-6-8-18(16)19;1-4-22(35)32-9-10-33(15(2)14-32)26-20-13-21(28)23(24(29)25(20)30-27(31-26)36-3)19-12-17(34)11-16-7-5-6-8-18(16)19;1-4-17(32)30-9-8-29(11-12(30)2)22-13-10-14(24)18(19-15(25)6-5-7-16(19)31)20(26)21(13)27-23(28-22)33-3/h5-12,15-16,35H,1,13-14H2,2-4H3;2*4-8,11-13,15,34H,1,9-10,14H2,2-3H3;4-7,10,12,31H,1,8-9,11H2,2-3H3/t15-,16+;2*15-;12-/m1101/s1. The van der Waals surface area contributed by atoms with E-state index in [-0.39, 0.29) is 165 Å². The number of hydrogen-bond acceptors (Lipinski definition) is 24. The number of aromatic hydroxyl groups is 4. The first kappa shape index (κ1) is 99.8. The van der Waals surface area contributed by atoms with E-state index in [9.17, 15) is 44.0 Å². The monoisotopic (exact) mass is 2010 g/mol. The maximum Gasteiger partial charge on any atom is 0.318 e. The van der Waals surface area contributed by atoms with Gasteiger partial charge in [-0.05, 0) is 181 Å². The van der Waals surface area contributed by atoms with Crippen molar-refractivity contribution in [3.8, 4) is 91.5 Å². The lowest BCUT2D eigenvalue weighted by Gasteiger charge is -2.44. The first-order valence-electron chi connectivity index (χ1n) is 45.0. The van der Waals surface area contributed by atoms with Gasteiger partial charge >= 0.3 is 24.0 Å². The number of piperazine rings is 4. The van der Waals surface area contributed by atoms with Crippen LogP contribution in [-0.2, 0) is 19.2 Å². The van der Waals surface area contributed by atoms with E-state index in [0.717, 1.165) is 38.4 Å². The van der Waals surface area contributed by atoms with E-state index in [4.69, 9.17) is 65.4 Å². The zero-order chi connectivity index (χ0) is 101. The molecule has 4 aliphatic heterocycles. The van der Waals surface area contributed by atoms with Crippen molar-refractivity contribution < 1.29 is 80.5 Å². The third-order valence-electron chi connectivity index (χ3n) is 25.6. The van der Waals surface area contributed by atoms with E-state index in [2.05, 4.69) is 66.2 Å². The van der Waals surface area contributed by atoms with Crippen molar-refractivity contribution in [2.24, 2.45) is 0 Å².